The number of rotatable bonds is 0. The predicted octanol–water partition coefficient (Wildman–Crippen LogP) is 2.83. The lowest BCUT2D eigenvalue weighted by atomic mass is 9.88. The molecule has 1 saturated heterocycles. The van der Waals surface area contributed by atoms with Crippen LogP contribution in [0.4, 0.5) is 0 Å². The zero-order valence-electron chi connectivity index (χ0n) is 10.1. The molecule has 90 valence electrons. The van der Waals surface area contributed by atoms with Crippen LogP contribution in [0.3, 0.4) is 0 Å². The smallest absolute Gasteiger partial charge is 0.165 e. The van der Waals surface area contributed by atoms with Gasteiger partial charge in [-0.3, -0.25) is 4.79 Å². The zero-order valence-corrected chi connectivity index (χ0v) is 10.9. The summed E-state index contributed by atoms with van der Waals surface area (Å²) in [4.78, 5) is 15.8. The molecule has 1 spiro atoms. The van der Waals surface area contributed by atoms with Crippen LogP contribution in [0.15, 0.2) is 29.2 Å². The standard InChI is InChI=1S/C14H17NOS/c1-15-8-6-14(7-9-15)10-12(16)11-4-2-3-5-13(11)17-14/h2-5H,6-10H2,1H3. The van der Waals surface area contributed by atoms with Gasteiger partial charge in [0.25, 0.3) is 0 Å². The molecule has 3 rings (SSSR count). The SMILES string of the molecule is CN1CCC2(CC1)CC(=O)c1ccccc1S2. The highest BCUT2D eigenvalue weighted by Gasteiger charge is 2.40. The van der Waals surface area contributed by atoms with Crippen LogP contribution in [-0.4, -0.2) is 35.6 Å². The molecule has 2 aliphatic heterocycles. The number of fused-ring (bicyclic) bond motifs is 1. The average molecular weight is 247 g/mol. The molecule has 2 nitrogen and oxygen atoms in total. The quantitative estimate of drug-likeness (QED) is 0.703. The number of Topliss-reactive ketones (excluding diaryl/α,β-unsaturated/α-hetero) is 1. The largest absolute Gasteiger partial charge is 0.306 e. The molecule has 3 heteroatoms. The van der Waals surface area contributed by atoms with Gasteiger partial charge in [-0.1, -0.05) is 18.2 Å². The molecule has 0 N–H and O–H groups in total. The fourth-order valence-electron chi connectivity index (χ4n) is 2.75. The van der Waals surface area contributed by atoms with E-state index < -0.39 is 0 Å². The van der Waals surface area contributed by atoms with E-state index in [1.165, 1.54) is 4.90 Å². The number of benzene rings is 1. The maximum atomic E-state index is 12.2. The molecular weight excluding hydrogens is 230 g/mol. The summed E-state index contributed by atoms with van der Waals surface area (Å²) in [5.41, 5.74) is 0.932. The first-order valence-electron chi connectivity index (χ1n) is 6.18. The van der Waals surface area contributed by atoms with Gasteiger partial charge in [-0.2, -0.15) is 0 Å². The van der Waals surface area contributed by atoms with Crippen LogP contribution in [-0.2, 0) is 0 Å². The number of piperidine rings is 1. The second kappa shape index (κ2) is 4.14. The third-order valence-corrected chi connectivity index (χ3v) is 5.46. The Morgan fingerprint density at radius 1 is 1.24 bits per heavy atom. The lowest BCUT2D eigenvalue weighted by molar-refractivity contribution is 0.0943. The normalized spacial score (nSPS) is 23.7. The third kappa shape index (κ3) is 2.02. The maximum Gasteiger partial charge on any atom is 0.165 e. The van der Waals surface area contributed by atoms with Crippen molar-refractivity contribution in [2.24, 2.45) is 0 Å². The van der Waals surface area contributed by atoms with Gasteiger partial charge in [0.05, 0.1) is 0 Å². The minimum Gasteiger partial charge on any atom is -0.306 e. The molecule has 17 heavy (non-hydrogen) atoms. The van der Waals surface area contributed by atoms with Gasteiger partial charge >= 0.3 is 0 Å². The molecule has 1 aromatic rings. The highest BCUT2D eigenvalue weighted by molar-refractivity contribution is 8.01. The van der Waals surface area contributed by atoms with E-state index in [1.807, 2.05) is 30.0 Å². The number of nitrogens with zero attached hydrogens (tertiary/aromatic N) is 1. The number of ketones is 1. The molecule has 0 amide bonds. The number of likely N-dealkylation sites (tertiary alicyclic amines) is 1. The van der Waals surface area contributed by atoms with Crippen LogP contribution >= 0.6 is 11.8 Å². The fourth-order valence-corrected chi connectivity index (χ4v) is 4.24. The number of thioether (sulfide) groups is 1. The van der Waals surface area contributed by atoms with Crippen molar-refractivity contribution in [1.29, 1.82) is 0 Å². The molecule has 1 fully saturated rings. The van der Waals surface area contributed by atoms with Crippen LogP contribution in [0.25, 0.3) is 0 Å². The van der Waals surface area contributed by atoms with Crippen LogP contribution in [0, 0.1) is 0 Å². The molecule has 2 heterocycles. The van der Waals surface area contributed by atoms with Crippen molar-refractivity contribution < 1.29 is 4.79 Å². The van der Waals surface area contributed by atoms with E-state index in [-0.39, 0.29) is 4.75 Å². The van der Waals surface area contributed by atoms with Crippen molar-refractivity contribution in [3.05, 3.63) is 29.8 Å². The van der Waals surface area contributed by atoms with Crippen LogP contribution < -0.4 is 0 Å². The van der Waals surface area contributed by atoms with E-state index >= 15 is 0 Å². The van der Waals surface area contributed by atoms with E-state index in [0.717, 1.165) is 37.9 Å². The number of hydrogen-bond donors (Lipinski definition) is 0. The highest BCUT2D eigenvalue weighted by Crippen LogP contribution is 2.48. The Balaban J connectivity index is 1.91. The third-order valence-electron chi connectivity index (χ3n) is 3.89. The summed E-state index contributed by atoms with van der Waals surface area (Å²) in [7, 11) is 2.16. The van der Waals surface area contributed by atoms with Crippen molar-refractivity contribution in [1.82, 2.24) is 4.90 Å². The number of carbonyl (C=O) groups excluding carboxylic acids is 1. The molecule has 2 aliphatic rings. The summed E-state index contributed by atoms with van der Waals surface area (Å²) >= 11 is 1.94. The van der Waals surface area contributed by atoms with E-state index in [4.69, 9.17) is 0 Å². The second-order valence-electron chi connectivity index (χ2n) is 5.18. The van der Waals surface area contributed by atoms with Gasteiger partial charge in [-0.25, -0.2) is 0 Å². The summed E-state index contributed by atoms with van der Waals surface area (Å²) in [6, 6.07) is 8.06. The van der Waals surface area contributed by atoms with Crippen LogP contribution in [0.5, 0.6) is 0 Å². The van der Waals surface area contributed by atoms with E-state index in [0.29, 0.717) is 5.78 Å². The Hall–Kier alpha value is -0.800. The minimum absolute atomic E-state index is 0.179. The molecule has 0 atom stereocenters. The maximum absolute atomic E-state index is 12.2. The molecule has 0 aliphatic carbocycles. The average Bonchev–Trinajstić information content (AvgIpc) is 2.34. The van der Waals surface area contributed by atoms with E-state index in [9.17, 15) is 4.79 Å². The monoisotopic (exact) mass is 247 g/mol. The minimum atomic E-state index is 0.179. The first-order valence-corrected chi connectivity index (χ1v) is 7.00. The van der Waals surface area contributed by atoms with Crippen molar-refractivity contribution in [2.45, 2.75) is 28.9 Å². The van der Waals surface area contributed by atoms with Crippen molar-refractivity contribution in [2.75, 3.05) is 20.1 Å². The van der Waals surface area contributed by atoms with E-state index in [1.54, 1.807) is 0 Å². The lowest BCUT2D eigenvalue weighted by Crippen LogP contribution is -2.43. The highest BCUT2D eigenvalue weighted by atomic mass is 32.2. The summed E-state index contributed by atoms with van der Waals surface area (Å²) in [6.45, 7) is 2.23. The Kier molecular flexibility index (Phi) is 2.75. The lowest BCUT2D eigenvalue weighted by Gasteiger charge is -2.42. The number of hydrogen-bond acceptors (Lipinski definition) is 3. The second-order valence-corrected chi connectivity index (χ2v) is 6.69. The first kappa shape index (κ1) is 11.3. The summed E-state index contributed by atoms with van der Waals surface area (Å²) in [6.07, 6.45) is 2.99. The predicted molar refractivity (Wildman–Crippen MR) is 70.7 cm³/mol. The van der Waals surface area contributed by atoms with Gasteiger partial charge in [-0.05, 0) is 39.0 Å². The van der Waals surface area contributed by atoms with Crippen molar-refractivity contribution in [3.63, 3.8) is 0 Å². The molecule has 0 saturated carbocycles. The molecular formula is C14H17NOS. The Labute approximate surface area is 106 Å². The van der Waals surface area contributed by atoms with Gasteiger partial charge in [0.1, 0.15) is 0 Å². The van der Waals surface area contributed by atoms with Gasteiger partial charge in [0.2, 0.25) is 0 Å². The number of carbonyl (C=O) groups is 1. The van der Waals surface area contributed by atoms with Crippen LogP contribution in [0.2, 0.25) is 0 Å². The van der Waals surface area contributed by atoms with E-state index in [2.05, 4.69) is 18.0 Å². The van der Waals surface area contributed by atoms with Gasteiger partial charge in [0.15, 0.2) is 5.78 Å². The zero-order chi connectivity index (χ0) is 11.9. The van der Waals surface area contributed by atoms with Gasteiger partial charge in [0, 0.05) is 21.6 Å². The van der Waals surface area contributed by atoms with Gasteiger partial charge < -0.3 is 4.90 Å². The first-order chi connectivity index (χ1) is 8.19. The van der Waals surface area contributed by atoms with Crippen molar-refractivity contribution in [3.8, 4) is 0 Å². The summed E-state index contributed by atoms with van der Waals surface area (Å²) in [5, 5.41) is 0. The molecule has 0 radical (unpaired) electrons. The topological polar surface area (TPSA) is 20.3 Å². The summed E-state index contributed by atoms with van der Waals surface area (Å²) in [5.74, 6) is 0.337. The fraction of sp³-hybridized carbons (Fsp3) is 0.500. The molecule has 1 aromatic carbocycles. The Bertz CT molecular complexity index is 449. The van der Waals surface area contributed by atoms with Crippen LogP contribution in [0.1, 0.15) is 29.6 Å². The Morgan fingerprint density at radius 2 is 1.94 bits per heavy atom. The van der Waals surface area contributed by atoms with Gasteiger partial charge in [-0.15, -0.1) is 11.8 Å². The summed E-state index contributed by atoms with van der Waals surface area (Å²) < 4.78 is 0.179. The molecule has 0 aromatic heterocycles. The van der Waals surface area contributed by atoms with Crippen molar-refractivity contribution >= 4 is 17.5 Å². The Morgan fingerprint density at radius 3 is 2.71 bits per heavy atom. The molecule has 0 bridgehead atoms. The molecule has 0 unspecified atom stereocenters.